The molecule has 116 valence electrons. The number of nitrogens with zero attached hydrogens (tertiary/aromatic N) is 1. The van der Waals surface area contributed by atoms with E-state index >= 15 is 0 Å². The van der Waals surface area contributed by atoms with E-state index in [1.165, 1.54) is 31.2 Å². The Hall–Kier alpha value is -1.71. The quantitative estimate of drug-likeness (QED) is 0.647. The molecule has 4 nitrogen and oxygen atoms in total. The molecule has 0 saturated heterocycles. The van der Waals surface area contributed by atoms with Gasteiger partial charge in [0.05, 0.1) is 6.10 Å². The molecule has 0 unspecified atom stereocenters. The van der Waals surface area contributed by atoms with E-state index in [0.717, 1.165) is 18.3 Å². The summed E-state index contributed by atoms with van der Waals surface area (Å²) in [5.74, 6) is 1.82. The topological polar surface area (TPSA) is 45.7 Å². The van der Waals surface area contributed by atoms with Gasteiger partial charge < -0.3 is 15.4 Å². The molecule has 1 aromatic carbocycles. The highest BCUT2D eigenvalue weighted by Crippen LogP contribution is 2.26. The highest BCUT2D eigenvalue weighted by molar-refractivity contribution is 5.79. The van der Waals surface area contributed by atoms with Gasteiger partial charge in [0.2, 0.25) is 0 Å². The normalized spacial score (nSPS) is 16.3. The molecule has 0 aromatic heterocycles. The van der Waals surface area contributed by atoms with Gasteiger partial charge in [-0.05, 0) is 45.6 Å². The number of rotatable bonds is 5. The Morgan fingerprint density at radius 1 is 1.29 bits per heavy atom. The maximum atomic E-state index is 6.15. The Morgan fingerprint density at radius 2 is 2.00 bits per heavy atom. The van der Waals surface area contributed by atoms with Crippen molar-refractivity contribution in [3.05, 3.63) is 29.8 Å². The second kappa shape index (κ2) is 7.91. The van der Waals surface area contributed by atoms with Crippen molar-refractivity contribution in [1.82, 2.24) is 10.6 Å². The molecule has 0 amide bonds. The Balaban J connectivity index is 1.95. The summed E-state index contributed by atoms with van der Waals surface area (Å²) >= 11 is 0. The first-order valence-corrected chi connectivity index (χ1v) is 7.90. The van der Waals surface area contributed by atoms with Crippen LogP contribution in [0.1, 0.15) is 45.1 Å². The number of ether oxygens (including phenoxy) is 1. The highest BCUT2D eigenvalue weighted by atomic mass is 16.5. The molecule has 4 heteroatoms. The van der Waals surface area contributed by atoms with Crippen molar-refractivity contribution >= 4 is 5.96 Å². The summed E-state index contributed by atoms with van der Waals surface area (Å²) < 4.78 is 6.15. The Labute approximate surface area is 128 Å². The van der Waals surface area contributed by atoms with Gasteiger partial charge in [0, 0.05) is 25.2 Å². The summed E-state index contributed by atoms with van der Waals surface area (Å²) in [5, 5.41) is 6.63. The molecular formula is C17H27N3O. The van der Waals surface area contributed by atoms with Gasteiger partial charge in [0.1, 0.15) is 5.75 Å². The van der Waals surface area contributed by atoms with Crippen LogP contribution in [0, 0.1) is 0 Å². The number of guanidine groups is 1. The average Bonchev–Trinajstić information content (AvgIpc) is 2.97. The molecule has 0 aliphatic heterocycles. The monoisotopic (exact) mass is 289 g/mol. The molecule has 1 aliphatic carbocycles. The van der Waals surface area contributed by atoms with E-state index in [-0.39, 0.29) is 0 Å². The third kappa shape index (κ3) is 4.96. The second-order valence-corrected chi connectivity index (χ2v) is 5.86. The summed E-state index contributed by atoms with van der Waals surface area (Å²) in [6.07, 6.45) is 5.32. The van der Waals surface area contributed by atoms with Crippen LogP contribution in [-0.4, -0.2) is 25.2 Å². The number of para-hydroxylation sites is 1. The number of benzene rings is 1. The third-order valence-corrected chi connectivity index (χ3v) is 3.66. The highest BCUT2D eigenvalue weighted by Gasteiger charge is 2.17. The third-order valence-electron chi connectivity index (χ3n) is 3.66. The molecule has 21 heavy (non-hydrogen) atoms. The van der Waals surface area contributed by atoms with Crippen molar-refractivity contribution in [2.24, 2.45) is 4.99 Å². The van der Waals surface area contributed by atoms with Gasteiger partial charge in [-0.3, -0.25) is 4.99 Å². The van der Waals surface area contributed by atoms with E-state index in [1.807, 2.05) is 6.07 Å². The summed E-state index contributed by atoms with van der Waals surface area (Å²) in [7, 11) is 1.79. The summed E-state index contributed by atoms with van der Waals surface area (Å²) in [6.45, 7) is 4.92. The van der Waals surface area contributed by atoms with Gasteiger partial charge in [-0.1, -0.05) is 18.2 Å². The Kier molecular flexibility index (Phi) is 5.90. The van der Waals surface area contributed by atoms with Crippen LogP contribution < -0.4 is 15.4 Å². The van der Waals surface area contributed by atoms with E-state index < -0.39 is 0 Å². The number of aliphatic imine (C=N–C) groups is 1. The summed E-state index contributed by atoms with van der Waals surface area (Å²) in [4.78, 5) is 4.23. The molecule has 0 spiro atoms. The van der Waals surface area contributed by atoms with Crippen molar-refractivity contribution < 1.29 is 4.74 Å². The molecule has 0 radical (unpaired) electrons. The van der Waals surface area contributed by atoms with Gasteiger partial charge in [-0.25, -0.2) is 0 Å². The zero-order valence-corrected chi connectivity index (χ0v) is 13.4. The lowest BCUT2D eigenvalue weighted by atomic mass is 10.2. The molecule has 0 atom stereocenters. The zero-order chi connectivity index (χ0) is 15.1. The fourth-order valence-corrected chi connectivity index (χ4v) is 2.60. The predicted octanol–water partition coefficient (Wildman–Crippen LogP) is 3.08. The van der Waals surface area contributed by atoms with Crippen LogP contribution in [0.2, 0.25) is 0 Å². The molecule has 0 heterocycles. The zero-order valence-electron chi connectivity index (χ0n) is 13.4. The van der Waals surface area contributed by atoms with Gasteiger partial charge in [-0.15, -0.1) is 0 Å². The molecule has 1 saturated carbocycles. The molecule has 2 rings (SSSR count). The summed E-state index contributed by atoms with van der Waals surface area (Å²) in [5.41, 5.74) is 1.18. The summed E-state index contributed by atoms with van der Waals surface area (Å²) in [6, 6.07) is 8.63. The van der Waals surface area contributed by atoms with Crippen LogP contribution in [0.5, 0.6) is 5.75 Å². The van der Waals surface area contributed by atoms with E-state index in [4.69, 9.17) is 4.74 Å². The van der Waals surface area contributed by atoms with Gasteiger partial charge in [0.15, 0.2) is 5.96 Å². The van der Waals surface area contributed by atoms with Crippen molar-refractivity contribution in [3.63, 3.8) is 0 Å². The lowest BCUT2D eigenvalue weighted by Gasteiger charge is -2.18. The molecule has 1 aromatic rings. The largest absolute Gasteiger partial charge is 0.490 e. The van der Waals surface area contributed by atoms with Gasteiger partial charge >= 0.3 is 0 Å². The Bertz CT molecular complexity index is 465. The fraction of sp³-hybridized carbons (Fsp3) is 0.588. The standard InChI is InChI=1S/C17H27N3O/c1-13(2)20-17(18-3)19-12-14-8-4-7-11-16(14)21-15-9-5-6-10-15/h4,7-8,11,13,15H,5-6,9-10,12H2,1-3H3,(H2,18,19,20). The number of hydrogen-bond acceptors (Lipinski definition) is 2. The second-order valence-electron chi connectivity index (χ2n) is 5.86. The smallest absolute Gasteiger partial charge is 0.191 e. The van der Waals surface area contributed by atoms with Crippen LogP contribution >= 0.6 is 0 Å². The predicted molar refractivity (Wildman–Crippen MR) is 87.8 cm³/mol. The van der Waals surface area contributed by atoms with Crippen LogP contribution in [0.15, 0.2) is 29.3 Å². The van der Waals surface area contributed by atoms with Gasteiger partial charge in [0.25, 0.3) is 0 Å². The van der Waals surface area contributed by atoms with Crippen molar-refractivity contribution in [3.8, 4) is 5.75 Å². The first kappa shape index (κ1) is 15.7. The van der Waals surface area contributed by atoms with E-state index in [0.29, 0.717) is 12.1 Å². The Morgan fingerprint density at radius 3 is 2.67 bits per heavy atom. The number of hydrogen-bond donors (Lipinski definition) is 2. The molecule has 1 fully saturated rings. The number of nitrogens with one attached hydrogen (secondary N) is 2. The fourth-order valence-electron chi connectivity index (χ4n) is 2.60. The van der Waals surface area contributed by atoms with Crippen LogP contribution in [0.4, 0.5) is 0 Å². The van der Waals surface area contributed by atoms with Crippen molar-refractivity contribution in [1.29, 1.82) is 0 Å². The molecule has 0 bridgehead atoms. The lowest BCUT2D eigenvalue weighted by Crippen LogP contribution is -2.40. The molecule has 2 N–H and O–H groups in total. The van der Waals surface area contributed by atoms with Crippen molar-refractivity contribution in [2.75, 3.05) is 7.05 Å². The van der Waals surface area contributed by atoms with Gasteiger partial charge in [-0.2, -0.15) is 0 Å². The molecule has 1 aliphatic rings. The van der Waals surface area contributed by atoms with Crippen molar-refractivity contribution in [2.45, 2.75) is 58.2 Å². The van der Waals surface area contributed by atoms with Crippen LogP contribution in [-0.2, 0) is 6.54 Å². The van der Waals surface area contributed by atoms with E-state index in [2.05, 4.69) is 47.7 Å². The minimum absolute atomic E-state index is 0.362. The van der Waals surface area contributed by atoms with Crippen LogP contribution in [0.3, 0.4) is 0 Å². The minimum atomic E-state index is 0.362. The molecular weight excluding hydrogens is 262 g/mol. The SMILES string of the molecule is CN=C(NCc1ccccc1OC1CCCC1)NC(C)C. The maximum Gasteiger partial charge on any atom is 0.191 e. The lowest BCUT2D eigenvalue weighted by molar-refractivity contribution is 0.208. The van der Waals surface area contributed by atoms with E-state index in [9.17, 15) is 0 Å². The average molecular weight is 289 g/mol. The van der Waals surface area contributed by atoms with E-state index in [1.54, 1.807) is 7.05 Å². The van der Waals surface area contributed by atoms with Crippen LogP contribution in [0.25, 0.3) is 0 Å². The first-order valence-electron chi connectivity index (χ1n) is 7.90. The minimum Gasteiger partial charge on any atom is -0.490 e. The maximum absolute atomic E-state index is 6.15. The first-order chi connectivity index (χ1) is 10.2.